The number of ketones is 1. The third kappa shape index (κ3) is 4.49. The molecule has 1 heterocycles. The summed E-state index contributed by atoms with van der Waals surface area (Å²) in [4.78, 5) is 27.2. The highest BCUT2D eigenvalue weighted by atomic mass is 16.6. The average molecular weight is 343 g/mol. The van der Waals surface area contributed by atoms with E-state index < -0.39 is 11.6 Å². The molecule has 0 radical (unpaired) electrons. The van der Waals surface area contributed by atoms with Gasteiger partial charge in [0, 0.05) is 25.4 Å². The van der Waals surface area contributed by atoms with Crippen LogP contribution in [0.4, 0.5) is 0 Å². The first-order valence-electron chi connectivity index (χ1n) is 9.34. The van der Waals surface area contributed by atoms with E-state index in [9.17, 15) is 9.59 Å². The zero-order valence-corrected chi connectivity index (χ0v) is 15.7. The van der Waals surface area contributed by atoms with Gasteiger partial charge in [-0.25, -0.2) is 0 Å². The van der Waals surface area contributed by atoms with Crippen LogP contribution in [0.2, 0.25) is 0 Å². The first kappa shape index (κ1) is 18.1. The molecule has 4 heteroatoms. The van der Waals surface area contributed by atoms with Crippen molar-refractivity contribution < 1.29 is 14.3 Å². The van der Waals surface area contributed by atoms with Crippen LogP contribution in [0.5, 0.6) is 0 Å². The Morgan fingerprint density at radius 3 is 2.44 bits per heavy atom. The number of Topliss-reactive ketones (excluding diaryl/α,β-unsaturated/α-hetero) is 1. The minimum absolute atomic E-state index is 0.101. The van der Waals surface area contributed by atoms with Crippen LogP contribution in [0.3, 0.4) is 0 Å². The Hall–Kier alpha value is -1.68. The van der Waals surface area contributed by atoms with E-state index in [1.165, 1.54) is 5.56 Å². The highest BCUT2D eigenvalue weighted by molar-refractivity contribution is 5.88. The molecule has 1 unspecified atom stereocenters. The second-order valence-corrected chi connectivity index (χ2v) is 8.42. The quantitative estimate of drug-likeness (QED) is 0.742. The van der Waals surface area contributed by atoms with Crippen molar-refractivity contribution in [1.29, 1.82) is 0 Å². The van der Waals surface area contributed by atoms with E-state index in [1.807, 2.05) is 26.0 Å². The van der Waals surface area contributed by atoms with Gasteiger partial charge in [-0.1, -0.05) is 38.1 Å². The number of cyclic esters (lactones) is 1. The Morgan fingerprint density at radius 1 is 1.24 bits per heavy atom. The molecule has 0 bridgehead atoms. The smallest absolute Gasteiger partial charge is 0.324 e. The third-order valence-electron chi connectivity index (χ3n) is 5.10. The minimum Gasteiger partial charge on any atom is -0.457 e. The topological polar surface area (TPSA) is 46.6 Å². The molecule has 1 saturated carbocycles. The Balaban J connectivity index is 1.63. The van der Waals surface area contributed by atoms with Gasteiger partial charge < -0.3 is 4.74 Å². The summed E-state index contributed by atoms with van der Waals surface area (Å²) in [5, 5.41) is 0. The van der Waals surface area contributed by atoms with Crippen LogP contribution >= 0.6 is 0 Å². The second kappa shape index (κ2) is 6.91. The number of rotatable bonds is 6. The van der Waals surface area contributed by atoms with Gasteiger partial charge in [-0.3, -0.25) is 14.5 Å². The zero-order valence-electron chi connectivity index (χ0n) is 15.7. The largest absolute Gasteiger partial charge is 0.457 e. The molecular formula is C21H29NO3. The van der Waals surface area contributed by atoms with E-state index >= 15 is 0 Å². The van der Waals surface area contributed by atoms with Crippen molar-refractivity contribution in [3.8, 4) is 0 Å². The maximum atomic E-state index is 12.6. The molecule has 0 N–H and O–H groups in total. The van der Waals surface area contributed by atoms with Crippen LogP contribution in [-0.4, -0.2) is 40.9 Å². The molecule has 1 aromatic rings. The second-order valence-electron chi connectivity index (χ2n) is 8.42. The minimum atomic E-state index is -0.466. The number of carbonyl (C=O) groups is 2. The molecule has 25 heavy (non-hydrogen) atoms. The molecule has 1 aliphatic carbocycles. The van der Waals surface area contributed by atoms with Gasteiger partial charge in [0.25, 0.3) is 0 Å². The molecule has 2 aliphatic rings. The Morgan fingerprint density at radius 2 is 1.88 bits per heavy atom. The van der Waals surface area contributed by atoms with E-state index in [-0.39, 0.29) is 18.2 Å². The zero-order chi connectivity index (χ0) is 18.2. The fraction of sp³-hybridized carbons (Fsp3) is 0.619. The molecule has 0 spiro atoms. The lowest BCUT2D eigenvalue weighted by atomic mass is 9.96. The van der Waals surface area contributed by atoms with Crippen LogP contribution in [0.15, 0.2) is 24.3 Å². The summed E-state index contributed by atoms with van der Waals surface area (Å²) >= 11 is 0. The van der Waals surface area contributed by atoms with Crippen LogP contribution < -0.4 is 0 Å². The van der Waals surface area contributed by atoms with Gasteiger partial charge >= 0.3 is 5.97 Å². The molecule has 1 atom stereocenters. The van der Waals surface area contributed by atoms with Crippen LogP contribution in [-0.2, 0) is 20.7 Å². The van der Waals surface area contributed by atoms with Crippen molar-refractivity contribution in [1.82, 2.24) is 4.90 Å². The Bertz CT molecular complexity index is 644. The summed E-state index contributed by atoms with van der Waals surface area (Å²) in [5.41, 5.74) is 1.82. The van der Waals surface area contributed by atoms with Crippen LogP contribution in [0.25, 0.3) is 0 Å². The predicted molar refractivity (Wildman–Crippen MR) is 97.5 cm³/mol. The molecule has 2 fully saturated rings. The third-order valence-corrected chi connectivity index (χ3v) is 5.10. The van der Waals surface area contributed by atoms with Crippen molar-refractivity contribution in [3.05, 3.63) is 35.4 Å². The van der Waals surface area contributed by atoms with Gasteiger partial charge in [-0.05, 0) is 43.7 Å². The van der Waals surface area contributed by atoms with Crippen molar-refractivity contribution in [2.75, 3.05) is 6.54 Å². The Kier molecular flexibility index (Phi) is 5.01. The molecule has 0 amide bonds. The molecule has 1 aliphatic heterocycles. The molecule has 1 saturated heterocycles. The predicted octanol–water partition coefficient (Wildman–Crippen LogP) is 3.48. The Labute approximate surface area is 150 Å². The first-order valence-corrected chi connectivity index (χ1v) is 9.34. The fourth-order valence-corrected chi connectivity index (χ4v) is 3.58. The average Bonchev–Trinajstić information content (AvgIpc) is 3.34. The van der Waals surface area contributed by atoms with Gasteiger partial charge in [0.1, 0.15) is 17.4 Å². The van der Waals surface area contributed by atoms with Crippen molar-refractivity contribution in [2.45, 2.75) is 77.0 Å². The maximum absolute atomic E-state index is 12.6. The summed E-state index contributed by atoms with van der Waals surface area (Å²) < 4.78 is 5.55. The van der Waals surface area contributed by atoms with E-state index in [0.717, 1.165) is 18.4 Å². The van der Waals surface area contributed by atoms with Gasteiger partial charge in [0.15, 0.2) is 0 Å². The van der Waals surface area contributed by atoms with E-state index in [0.29, 0.717) is 24.9 Å². The lowest BCUT2D eigenvalue weighted by Crippen LogP contribution is -2.58. The van der Waals surface area contributed by atoms with E-state index in [2.05, 4.69) is 30.9 Å². The number of hydrogen-bond acceptors (Lipinski definition) is 4. The monoisotopic (exact) mass is 343 g/mol. The molecule has 1 aromatic carbocycles. The van der Waals surface area contributed by atoms with Crippen LogP contribution in [0.1, 0.15) is 64.0 Å². The number of nitrogens with zero attached hydrogens (tertiary/aromatic N) is 1. The van der Waals surface area contributed by atoms with Gasteiger partial charge in [0.05, 0.1) is 0 Å². The van der Waals surface area contributed by atoms with Gasteiger partial charge in [-0.15, -0.1) is 0 Å². The molecule has 3 rings (SSSR count). The maximum Gasteiger partial charge on any atom is 0.324 e. The van der Waals surface area contributed by atoms with Crippen molar-refractivity contribution >= 4 is 11.8 Å². The molecular weight excluding hydrogens is 314 g/mol. The molecule has 4 nitrogen and oxygen atoms in total. The fourth-order valence-electron chi connectivity index (χ4n) is 3.58. The normalized spacial score (nSPS) is 23.6. The number of carbonyl (C=O) groups excluding carboxylic acids is 2. The number of esters is 1. The number of benzene rings is 1. The van der Waals surface area contributed by atoms with Crippen molar-refractivity contribution in [2.24, 2.45) is 0 Å². The summed E-state index contributed by atoms with van der Waals surface area (Å²) in [6.07, 6.45) is 2.86. The standard InChI is InChI=1S/C21H29NO3/c1-14(2)16-7-5-15(6-8-16)11-18(23)12-19-20(24)25-21(3,4)13-22(19)17-9-10-17/h5-8,14,17,19H,9-13H2,1-4H3. The first-order chi connectivity index (χ1) is 11.7. The summed E-state index contributed by atoms with van der Waals surface area (Å²) in [7, 11) is 0. The van der Waals surface area contributed by atoms with Crippen LogP contribution in [0, 0.1) is 0 Å². The SMILES string of the molecule is CC(C)c1ccc(CC(=O)CC2C(=O)OC(C)(C)CN2C2CC2)cc1. The highest BCUT2D eigenvalue weighted by Crippen LogP contribution is 2.35. The van der Waals surface area contributed by atoms with Gasteiger partial charge in [-0.2, -0.15) is 0 Å². The lowest BCUT2D eigenvalue weighted by Gasteiger charge is -2.42. The van der Waals surface area contributed by atoms with Gasteiger partial charge in [0.2, 0.25) is 0 Å². The number of hydrogen-bond donors (Lipinski definition) is 0. The lowest BCUT2D eigenvalue weighted by molar-refractivity contribution is -0.179. The highest BCUT2D eigenvalue weighted by Gasteiger charge is 2.46. The summed E-state index contributed by atoms with van der Waals surface area (Å²) in [6.45, 7) is 8.90. The van der Waals surface area contributed by atoms with Crippen molar-refractivity contribution in [3.63, 3.8) is 0 Å². The number of ether oxygens (including phenoxy) is 1. The summed E-state index contributed by atoms with van der Waals surface area (Å²) in [6, 6.07) is 8.24. The summed E-state index contributed by atoms with van der Waals surface area (Å²) in [5.74, 6) is 0.341. The van der Waals surface area contributed by atoms with E-state index in [4.69, 9.17) is 4.74 Å². The number of morpholine rings is 1. The molecule has 136 valence electrons. The molecule has 0 aromatic heterocycles. The van der Waals surface area contributed by atoms with E-state index in [1.54, 1.807) is 0 Å².